The summed E-state index contributed by atoms with van der Waals surface area (Å²) in [5, 5.41) is 2.55. The first kappa shape index (κ1) is 17.7. The number of anilines is 1. The first-order chi connectivity index (χ1) is 11.4. The van der Waals surface area contributed by atoms with Crippen LogP contribution < -0.4 is 16.0 Å². The maximum absolute atomic E-state index is 13.1. The van der Waals surface area contributed by atoms with Crippen molar-refractivity contribution in [3.63, 3.8) is 0 Å². The first-order valence-electron chi connectivity index (χ1n) is 7.72. The zero-order valence-corrected chi connectivity index (χ0v) is 13.5. The van der Waals surface area contributed by atoms with Crippen LogP contribution in [-0.4, -0.2) is 55.3 Å². The van der Waals surface area contributed by atoms with Crippen LogP contribution in [0.2, 0.25) is 0 Å². The highest BCUT2D eigenvalue weighted by molar-refractivity contribution is 5.90. The van der Waals surface area contributed by atoms with E-state index in [0.29, 0.717) is 19.6 Å². The van der Waals surface area contributed by atoms with Crippen molar-refractivity contribution in [2.24, 2.45) is 5.73 Å². The van der Waals surface area contributed by atoms with E-state index in [9.17, 15) is 18.8 Å². The summed E-state index contributed by atoms with van der Waals surface area (Å²) in [6.45, 7) is 1.15. The zero-order valence-electron chi connectivity index (χ0n) is 13.5. The van der Waals surface area contributed by atoms with Gasteiger partial charge >= 0.3 is 0 Å². The van der Waals surface area contributed by atoms with Crippen LogP contribution in [0, 0.1) is 5.82 Å². The SMILES string of the molecule is CNC(=O)C1CN(c2ccc(F)cc2)CCN1C(=O)CCC(N)=O. The second-order valence-electron chi connectivity index (χ2n) is 5.61. The number of hydrogen-bond acceptors (Lipinski definition) is 4. The Morgan fingerprint density at radius 3 is 2.46 bits per heavy atom. The Bertz CT molecular complexity index is 620. The molecule has 3 amide bonds. The van der Waals surface area contributed by atoms with E-state index in [-0.39, 0.29) is 30.5 Å². The molecule has 1 atom stereocenters. The molecule has 0 aliphatic carbocycles. The van der Waals surface area contributed by atoms with Crippen molar-refractivity contribution in [3.8, 4) is 0 Å². The zero-order chi connectivity index (χ0) is 17.7. The van der Waals surface area contributed by atoms with Gasteiger partial charge in [-0.3, -0.25) is 14.4 Å². The second kappa shape index (κ2) is 7.76. The molecule has 1 aromatic rings. The lowest BCUT2D eigenvalue weighted by molar-refractivity contribution is -0.141. The molecule has 1 aromatic carbocycles. The Balaban J connectivity index is 2.12. The topological polar surface area (TPSA) is 95.7 Å². The molecule has 0 spiro atoms. The lowest BCUT2D eigenvalue weighted by Gasteiger charge is -2.41. The summed E-state index contributed by atoms with van der Waals surface area (Å²) >= 11 is 0. The van der Waals surface area contributed by atoms with Crippen molar-refractivity contribution in [1.29, 1.82) is 0 Å². The van der Waals surface area contributed by atoms with Crippen molar-refractivity contribution in [2.45, 2.75) is 18.9 Å². The van der Waals surface area contributed by atoms with E-state index in [1.807, 2.05) is 4.90 Å². The van der Waals surface area contributed by atoms with Gasteiger partial charge in [-0.1, -0.05) is 0 Å². The average Bonchev–Trinajstić information content (AvgIpc) is 2.59. The minimum absolute atomic E-state index is 0.0145. The summed E-state index contributed by atoms with van der Waals surface area (Å²) in [6, 6.07) is 5.32. The van der Waals surface area contributed by atoms with Gasteiger partial charge in [-0.15, -0.1) is 0 Å². The van der Waals surface area contributed by atoms with E-state index >= 15 is 0 Å². The third kappa shape index (κ3) is 4.21. The predicted molar refractivity (Wildman–Crippen MR) is 86.6 cm³/mol. The fourth-order valence-corrected chi connectivity index (χ4v) is 2.73. The second-order valence-corrected chi connectivity index (χ2v) is 5.61. The van der Waals surface area contributed by atoms with Crippen LogP contribution in [0.15, 0.2) is 24.3 Å². The van der Waals surface area contributed by atoms with Gasteiger partial charge in [0.05, 0.1) is 0 Å². The Kier molecular flexibility index (Phi) is 5.73. The van der Waals surface area contributed by atoms with Gasteiger partial charge in [-0.25, -0.2) is 4.39 Å². The molecular weight excluding hydrogens is 315 g/mol. The van der Waals surface area contributed by atoms with Gasteiger partial charge < -0.3 is 20.9 Å². The number of rotatable bonds is 5. The molecule has 1 fully saturated rings. The molecule has 0 saturated carbocycles. The van der Waals surface area contributed by atoms with Crippen LogP contribution in [-0.2, 0) is 14.4 Å². The molecule has 1 unspecified atom stereocenters. The van der Waals surface area contributed by atoms with E-state index in [2.05, 4.69) is 5.32 Å². The molecule has 2 rings (SSSR count). The third-order valence-electron chi connectivity index (χ3n) is 4.03. The average molecular weight is 336 g/mol. The van der Waals surface area contributed by atoms with Gasteiger partial charge in [0.2, 0.25) is 17.7 Å². The summed E-state index contributed by atoms with van der Waals surface area (Å²) in [6.07, 6.45) is -0.0587. The summed E-state index contributed by atoms with van der Waals surface area (Å²) in [4.78, 5) is 38.7. The van der Waals surface area contributed by atoms with E-state index in [0.717, 1.165) is 5.69 Å². The molecule has 3 N–H and O–H groups in total. The largest absolute Gasteiger partial charge is 0.370 e. The number of carbonyl (C=O) groups is 3. The van der Waals surface area contributed by atoms with Crippen molar-refractivity contribution >= 4 is 23.4 Å². The van der Waals surface area contributed by atoms with Gasteiger partial charge in [-0.05, 0) is 24.3 Å². The fourth-order valence-electron chi connectivity index (χ4n) is 2.73. The minimum atomic E-state index is -0.672. The highest BCUT2D eigenvalue weighted by atomic mass is 19.1. The normalized spacial score (nSPS) is 17.5. The number of primary amides is 1. The Morgan fingerprint density at radius 1 is 1.21 bits per heavy atom. The van der Waals surface area contributed by atoms with Gasteiger partial charge in [0.25, 0.3) is 0 Å². The maximum atomic E-state index is 13.1. The van der Waals surface area contributed by atoms with Gasteiger partial charge in [0.15, 0.2) is 0 Å². The van der Waals surface area contributed by atoms with Crippen LogP contribution in [0.4, 0.5) is 10.1 Å². The van der Waals surface area contributed by atoms with E-state index in [1.54, 1.807) is 12.1 Å². The number of piperazine rings is 1. The number of benzene rings is 1. The lowest BCUT2D eigenvalue weighted by Crippen LogP contribution is -2.60. The summed E-state index contributed by atoms with van der Waals surface area (Å²) in [5.74, 6) is -1.44. The van der Waals surface area contributed by atoms with E-state index in [1.165, 1.54) is 24.1 Å². The van der Waals surface area contributed by atoms with E-state index in [4.69, 9.17) is 5.73 Å². The number of carbonyl (C=O) groups excluding carboxylic acids is 3. The number of halogens is 1. The predicted octanol–water partition coefficient (Wildman–Crippen LogP) is -0.146. The molecule has 0 radical (unpaired) electrons. The van der Waals surface area contributed by atoms with Crippen molar-refractivity contribution in [3.05, 3.63) is 30.1 Å². The molecule has 1 aliphatic heterocycles. The standard InChI is InChI=1S/C16H21FN4O3/c1-19-16(24)13-10-20(12-4-2-11(17)3-5-12)8-9-21(13)15(23)7-6-14(18)22/h2-5,13H,6-10H2,1H3,(H2,18,22)(H,19,24). The minimum Gasteiger partial charge on any atom is -0.370 e. The quantitative estimate of drug-likeness (QED) is 0.782. The molecule has 8 heteroatoms. The number of nitrogens with one attached hydrogen (secondary N) is 1. The highest BCUT2D eigenvalue weighted by Crippen LogP contribution is 2.20. The molecule has 7 nitrogen and oxygen atoms in total. The van der Waals surface area contributed by atoms with Crippen LogP contribution in [0.5, 0.6) is 0 Å². The Morgan fingerprint density at radius 2 is 1.88 bits per heavy atom. The summed E-state index contributed by atoms with van der Waals surface area (Å²) in [5.41, 5.74) is 5.86. The maximum Gasteiger partial charge on any atom is 0.244 e. The van der Waals surface area contributed by atoms with Crippen molar-refractivity contribution < 1.29 is 18.8 Å². The number of hydrogen-bond donors (Lipinski definition) is 2. The van der Waals surface area contributed by atoms with Gasteiger partial charge in [0, 0.05) is 45.2 Å². The van der Waals surface area contributed by atoms with E-state index < -0.39 is 11.9 Å². The Hall–Kier alpha value is -2.64. The molecule has 1 saturated heterocycles. The monoisotopic (exact) mass is 336 g/mol. The summed E-state index contributed by atoms with van der Waals surface area (Å²) in [7, 11) is 1.51. The van der Waals surface area contributed by atoms with Crippen molar-refractivity contribution in [1.82, 2.24) is 10.2 Å². The highest BCUT2D eigenvalue weighted by Gasteiger charge is 2.34. The first-order valence-corrected chi connectivity index (χ1v) is 7.72. The van der Waals surface area contributed by atoms with Crippen LogP contribution >= 0.6 is 0 Å². The lowest BCUT2D eigenvalue weighted by atomic mass is 10.1. The van der Waals surface area contributed by atoms with Crippen molar-refractivity contribution in [2.75, 3.05) is 31.6 Å². The van der Waals surface area contributed by atoms with Gasteiger partial charge in [-0.2, -0.15) is 0 Å². The molecule has 130 valence electrons. The molecule has 1 heterocycles. The molecule has 24 heavy (non-hydrogen) atoms. The van der Waals surface area contributed by atoms with Crippen LogP contribution in [0.1, 0.15) is 12.8 Å². The fraction of sp³-hybridized carbons (Fsp3) is 0.438. The Labute approximate surface area is 139 Å². The molecule has 1 aliphatic rings. The van der Waals surface area contributed by atoms with Crippen LogP contribution in [0.25, 0.3) is 0 Å². The smallest absolute Gasteiger partial charge is 0.244 e. The number of likely N-dealkylation sites (N-methyl/N-ethyl adjacent to an activating group) is 1. The van der Waals surface area contributed by atoms with Crippen LogP contribution in [0.3, 0.4) is 0 Å². The number of nitrogens with two attached hydrogens (primary N) is 1. The van der Waals surface area contributed by atoms with Gasteiger partial charge in [0.1, 0.15) is 11.9 Å². The third-order valence-corrected chi connectivity index (χ3v) is 4.03. The molecule has 0 aromatic heterocycles. The number of nitrogens with zero attached hydrogens (tertiary/aromatic N) is 2. The number of amides is 3. The summed E-state index contributed by atoms with van der Waals surface area (Å²) < 4.78 is 13.1. The molecular formula is C16H21FN4O3. The molecule has 0 bridgehead atoms.